The van der Waals surface area contributed by atoms with E-state index in [1.807, 2.05) is 5.38 Å². The van der Waals surface area contributed by atoms with Gasteiger partial charge >= 0.3 is 11.1 Å². The first-order valence-electron chi connectivity index (χ1n) is 3.62. The van der Waals surface area contributed by atoms with Crippen molar-refractivity contribution in [3.05, 3.63) is 11.6 Å². The molecule has 0 aliphatic carbocycles. The Kier molecular flexibility index (Phi) is 5.65. The molecule has 0 saturated carbocycles. The number of esters is 1. The van der Waals surface area contributed by atoms with Gasteiger partial charge in [-0.25, -0.2) is 9.36 Å². The van der Waals surface area contributed by atoms with Crippen LogP contribution in [-0.2, 0) is 16.1 Å². The average molecular weight is 267 g/mol. The zero-order valence-corrected chi connectivity index (χ0v) is 9.60. The first-order valence-corrected chi connectivity index (χ1v) is 4.50. The van der Waals surface area contributed by atoms with Gasteiger partial charge in [0.2, 0.25) is 0 Å². The molecule has 1 heterocycles. The summed E-state index contributed by atoms with van der Waals surface area (Å²) in [4.78, 5) is 11.0. The summed E-state index contributed by atoms with van der Waals surface area (Å²) < 4.78 is 6.41. The van der Waals surface area contributed by atoms with Crippen LogP contribution in [0, 0.1) is 0 Å². The van der Waals surface area contributed by atoms with Crippen LogP contribution in [0.4, 0.5) is 5.13 Å². The van der Waals surface area contributed by atoms with Gasteiger partial charge in [-0.1, -0.05) is 11.3 Å². The normalized spacial score (nSPS) is 9.00. The standard InChI is InChI=1S/C7H10N2O2S.BrH/c1-2-11-6(10)5-9-3-4-12-7(9)8;/h3-4,8H,2,5H2,1H3;1H. The summed E-state index contributed by atoms with van der Waals surface area (Å²) in [6.45, 7) is 2.38. The third kappa shape index (κ3) is 3.73. The number of hydrogen-bond acceptors (Lipinski definition) is 4. The second-order valence-electron chi connectivity index (χ2n) is 2.17. The second-order valence-corrected chi connectivity index (χ2v) is 3.10. The van der Waals surface area contributed by atoms with E-state index in [2.05, 4.69) is 0 Å². The van der Waals surface area contributed by atoms with Crippen LogP contribution in [0.2, 0.25) is 0 Å². The van der Waals surface area contributed by atoms with Crippen LogP contribution in [0.25, 0.3) is 0 Å². The van der Waals surface area contributed by atoms with Gasteiger partial charge in [-0.05, 0) is 6.92 Å². The molecule has 1 aromatic heterocycles. The number of ether oxygens (including phenoxy) is 1. The first kappa shape index (κ1) is 12.4. The molecule has 0 aliphatic heterocycles. The van der Waals surface area contributed by atoms with Gasteiger partial charge < -0.3 is 21.7 Å². The van der Waals surface area contributed by atoms with Gasteiger partial charge in [-0.15, -0.1) is 0 Å². The average Bonchev–Trinajstić information content (AvgIpc) is 2.37. The second kappa shape index (κ2) is 5.93. The summed E-state index contributed by atoms with van der Waals surface area (Å²) in [6.07, 6.45) is 1.76. The maximum atomic E-state index is 11.0. The largest absolute Gasteiger partial charge is 1.00 e. The van der Waals surface area contributed by atoms with Gasteiger partial charge in [0, 0.05) is 5.38 Å². The van der Waals surface area contributed by atoms with Gasteiger partial charge in [-0.2, -0.15) is 0 Å². The molecule has 0 spiro atoms. The third-order valence-electron chi connectivity index (χ3n) is 1.32. The fraction of sp³-hybridized carbons (Fsp3) is 0.429. The number of nitrogen functional groups attached to an aromatic ring is 1. The van der Waals surface area contributed by atoms with Crippen LogP contribution < -0.4 is 27.3 Å². The highest BCUT2D eigenvalue weighted by Gasteiger charge is 2.10. The summed E-state index contributed by atoms with van der Waals surface area (Å²) in [5.41, 5.74) is 5.56. The molecule has 0 aliphatic rings. The molecule has 0 saturated heterocycles. The highest BCUT2D eigenvalue weighted by molar-refractivity contribution is 7.12. The minimum Gasteiger partial charge on any atom is -1.00 e. The topological polar surface area (TPSA) is 56.2 Å². The van der Waals surface area contributed by atoms with Crippen LogP contribution in [0.15, 0.2) is 11.6 Å². The van der Waals surface area contributed by atoms with Gasteiger partial charge in [0.05, 0.1) is 6.61 Å². The van der Waals surface area contributed by atoms with E-state index in [4.69, 9.17) is 10.5 Å². The van der Waals surface area contributed by atoms with Crippen molar-refractivity contribution in [2.24, 2.45) is 0 Å². The van der Waals surface area contributed by atoms with E-state index in [9.17, 15) is 4.79 Å². The molecular formula is C7H11BrN2O2S. The molecule has 13 heavy (non-hydrogen) atoms. The number of anilines is 1. The fourth-order valence-corrected chi connectivity index (χ4v) is 1.40. The molecule has 1 aromatic rings. The monoisotopic (exact) mass is 266 g/mol. The smallest absolute Gasteiger partial charge is 0.348 e. The maximum Gasteiger partial charge on any atom is 0.348 e. The molecule has 74 valence electrons. The number of rotatable bonds is 3. The number of thiazole rings is 1. The van der Waals surface area contributed by atoms with Crippen LogP contribution in [-0.4, -0.2) is 12.6 Å². The Balaban J connectivity index is 0.00000144. The molecule has 0 radical (unpaired) electrons. The summed E-state index contributed by atoms with van der Waals surface area (Å²) in [5.74, 6) is -0.257. The predicted octanol–water partition coefficient (Wildman–Crippen LogP) is -2.82. The number of hydrogen-bond donors (Lipinski definition) is 1. The van der Waals surface area contributed by atoms with Gasteiger partial charge in [-0.3, -0.25) is 5.73 Å². The molecule has 1 rings (SSSR count). The van der Waals surface area contributed by atoms with Crippen molar-refractivity contribution in [1.82, 2.24) is 0 Å². The van der Waals surface area contributed by atoms with Crippen LogP contribution >= 0.6 is 11.3 Å². The van der Waals surface area contributed by atoms with Crippen LogP contribution in [0.5, 0.6) is 0 Å². The number of nitrogens with zero attached hydrogens (tertiary/aromatic N) is 1. The lowest BCUT2D eigenvalue weighted by Gasteiger charge is -1.98. The van der Waals surface area contributed by atoms with Crippen molar-refractivity contribution in [2.45, 2.75) is 13.5 Å². The number of carbonyl (C=O) groups excluding carboxylic acids is 1. The lowest BCUT2D eigenvalue weighted by molar-refractivity contribution is -0.667. The highest BCUT2D eigenvalue weighted by atomic mass is 79.9. The zero-order valence-electron chi connectivity index (χ0n) is 7.20. The number of halogens is 1. The van der Waals surface area contributed by atoms with Crippen molar-refractivity contribution >= 4 is 22.4 Å². The minimum atomic E-state index is -0.257. The third-order valence-corrected chi connectivity index (χ3v) is 2.05. The molecule has 0 fully saturated rings. The first-order chi connectivity index (χ1) is 5.74. The lowest BCUT2D eigenvalue weighted by Crippen LogP contribution is -3.00. The fourth-order valence-electron chi connectivity index (χ4n) is 0.791. The Morgan fingerprint density at radius 2 is 2.46 bits per heavy atom. The highest BCUT2D eigenvalue weighted by Crippen LogP contribution is 2.02. The molecule has 0 aromatic carbocycles. The van der Waals surface area contributed by atoms with Gasteiger partial charge in [0.15, 0.2) is 6.54 Å². The summed E-state index contributed by atoms with van der Waals surface area (Å²) in [6, 6.07) is 0. The maximum absolute atomic E-state index is 11.0. The number of nitrogens with two attached hydrogens (primary N) is 1. The van der Waals surface area contributed by atoms with E-state index >= 15 is 0 Å². The molecule has 0 bridgehead atoms. The van der Waals surface area contributed by atoms with Gasteiger partial charge in [0.25, 0.3) is 0 Å². The van der Waals surface area contributed by atoms with E-state index in [0.717, 1.165) is 0 Å². The van der Waals surface area contributed by atoms with E-state index in [-0.39, 0.29) is 29.5 Å². The zero-order chi connectivity index (χ0) is 8.97. The lowest BCUT2D eigenvalue weighted by atomic mass is 10.6. The summed E-state index contributed by atoms with van der Waals surface area (Å²) in [7, 11) is 0. The molecule has 0 unspecified atom stereocenters. The molecule has 2 N–H and O–H groups in total. The number of carbonyl (C=O) groups is 1. The van der Waals surface area contributed by atoms with E-state index in [0.29, 0.717) is 11.7 Å². The Morgan fingerprint density at radius 3 is 2.92 bits per heavy atom. The van der Waals surface area contributed by atoms with Gasteiger partial charge in [0.1, 0.15) is 6.20 Å². The SMILES string of the molecule is CCOC(=O)C[n+]1ccsc1N.[Br-]. The molecule has 4 nitrogen and oxygen atoms in total. The van der Waals surface area contributed by atoms with E-state index in [1.165, 1.54) is 11.3 Å². The van der Waals surface area contributed by atoms with Crippen molar-refractivity contribution in [3.63, 3.8) is 0 Å². The molecular weight excluding hydrogens is 256 g/mol. The summed E-state index contributed by atoms with van der Waals surface area (Å²) >= 11 is 1.40. The van der Waals surface area contributed by atoms with Crippen LogP contribution in [0.1, 0.15) is 6.92 Å². The number of aromatic nitrogens is 1. The Labute approximate surface area is 91.1 Å². The Hall–Kier alpha value is -0.620. The van der Waals surface area contributed by atoms with E-state index in [1.54, 1.807) is 17.7 Å². The quantitative estimate of drug-likeness (QED) is 0.475. The minimum absolute atomic E-state index is 0. The molecule has 0 amide bonds. The molecule has 6 heteroatoms. The summed E-state index contributed by atoms with van der Waals surface area (Å²) in [5, 5.41) is 2.44. The predicted molar refractivity (Wildman–Crippen MR) is 45.6 cm³/mol. The Morgan fingerprint density at radius 1 is 1.77 bits per heavy atom. The van der Waals surface area contributed by atoms with Crippen molar-refractivity contribution in [2.75, 3.05) is 12.3 Å². The van der Waals surface area contributed by atoms with Crippen molar-refractivity contribution in [1.29, 1.82) is 0 Å². The van der Waals surface area contributed by atoms with Crippen molar-refractivity contribution in [3.8, 4) is 0 Å². The van der Waals surface area contributed by atoms with E-state index < -0.39 is 0 Å². The van der Waals surface area contributed by atoms with Crippen molar-refractivity contribution < 1.29 is 31.1 Å². The molecule has 0 atom stereocenters. The van der Waals surface area contributed by atoms with Crippen LogP contribution in [0.3, 0.4) is 0 Å². The Bertz CT molecular complexity index is 277.